The van der Waals surface area contributed by atoms with E-state index >= 15 is 0 Å². The number of ether oxygens (including phenoxy) is 2. The Balaban J connectivity index is 1.97. The Morgan fingerprint density at radius 3 is 2.79 bits per heavy atom. The normalized spacial score (nSPS) is 11.3. The third-order valence-electron chi connectivity index (χ3n) is 3.27. The van der Waals surface area contributed by atoms with Gasteiger partial charge in [-0.2, -0.15) is 0 Å². The molecule has 0 N–H and O–H groups in total. The van der Waals surface area contributed by atoms with E-state index in [1.807, 2.05) is 0 Å². The standard InChI is InChI=1S/C15H22N2O2/c1-12-6-4-7-14-15(12)16-13(2)17(14)8-5-9-19-11-10-18-3/h4,6-7H,5,8-11H2,1-3H3. The van der Waals surface area contributed by atoms with Crippen molar-refractivity contribution in [1.82, 2.24) is 9.55 Å². The van der Waals surface area contributed by atoms with E-state index in [4.69, 9.17) is 9.47 Å². The molecule has 2 rings (SSSR count). The summed E-state index contributed by atoms with van der Waals surface area (Å²) >= 11 is 0. The molecule has 104 valence electrons. The van der Waals surface area contributed by atoms with Gasteiger partial charge in [0.1, 0.15) is 5.82 Å². The molecule has 0 saturated heterocycles. The summed E-state index contributed by atoms with van der Waals surface area (Å²) in [6.07, 6.45) is 0.990. The van der Waals surface area contributed by atoms with E-state index in [0.29, 0.717) is 13.2 Å². The molecule has 19 heavy (non-hydrogen) atoms. The van der Waals surface area contributed by atoms with Crippen LogP contribution in [0.1, 0.15) is 17.8 Å². The van der Waals surface area contributed by atoms with Gasteiger partial charge in [0.2, 0.25) is 0 Å². The van der Waals surface area contributed by atoms with Crippen molar-refractivity contribution >= 4 is 11.0 Å². The molecule has 1 aromatic carbocycles. The van der Waals surface area contributed by atoms with E-state index in [9.17, 15) is 0 Å². The highest BCUT2D eigenvalue weighted by Crippen LogP contribution is 2.19. The monoisotopic (exact) mass is 262 g/mol. The Labute approximate surface area is 114 Å². The van der Waals surface area contributed by atoms with Gasteiger partial charge in [-0.15, -0.1) is 0 Å². The Morgan fingerprint density at radius 2 is 2.00 bits per heavy atom. The van der Waals surface area contributed by atoms with Gasteiger partial charge >= 0.3 is 0 Å². The van der Waals surface area contributed by atoms with Crippen LogP contribution in [0.5, 0.6) is 0 Å². The first-order valence-corrected chi connectivity index (χ1v) is 6.73. The van der Waals surface area contributed by atoms with Crippen molar-refractivity contribution in [3.05, 3.63) is 29.6 Å². The molecular formula is C15H22N2O2. The first-order chi connectivity index (χ1) is 9.24. The van der Waals surface area contributed by atoms with E-state index < -0.39 is 0 Å². The molecule has 0 amide bonds. The second-order valence-corrected chi connectivity index (χ2v) is 4.71. The zero-order valence-electron chi connectivity index (χ0n) is 12.0. The van der Waals surface area contributed by atoms with Crippen molar-refractivity contribution in [2.24, 2.45) is 0 Å². The van der Waals surface area contributed by atoms with E-state index in [1.165, 1.54) is 11.1 Å². The van der Waals surface area contributed by atoms with E-state index in [-0.39, 0.29) is 0 Å². The number of aryl methyl sites for hydroxylation is 3. The minimum Gasteiger partial charge on any atom is -0.382 e. The lowest BCUT2D eigenvalue weighted by Gasteiger charge is -2.07. The van der Waals surface area contributed by atoms with Crippen molar-refractivity contribution in [2.75, 3.05) is 26.9 Å². The van der Waals surface area contributed by atoms with Gasteiger partial charge in [0.25, 0.3) is 0 Å². The molecule has 0 atom stereocenters. The number of hydrogen-bond acceptors (Lipinski definition) is 3. The average Bonchev–Trinajstić information content (AvgIpc) is 2.72. The topological polar surface area (TPSA) is 36.3 Å². The summed E-state index contributed by atoms with van der Waals surface area (Å²) in [7, 11) is 1.69. The zero-order chi connectivity index (χ0) is 13.7. The minimum absolute atomic E-state index is 0.659. The second-order valence-electron chi connectivity index (χ2n) is 4.71. The highest BCUT2D eigenvalue weighted by Gasteiger charge is 2.08. The van der Waals surface area contributed by atoms with Crippen molar-refractivity contribution < 1.29 is 9.47 Å². The molecule has 0 fully saturated rings. The second kappa shape index (κ2) is 6.68. The van der Waals surface area contributed by atoms with E-state index in [0.717, 1.165) is 30.9 Å². The van der Waals surface area contributed by atoms with Gasteiger partial charge in [0, 0.05) is 20.3 Å². The van der Waals surface area contributed by atoms with Crippen LogP contribution in [0.25, 0.3) is 11.0 Å². The fraction of sp³-hybridized carbons (Fsp3) is 0.533. The summed E-state index contributed by atoms with van der Waals surface area (Å²) < 4.78 is 12.7. The molecule has 4 nitrogen and oxygen atoms in total. The van der Waals surface area contributed by atoms with Crippen LogP contribution in [0.4, 0.5) is 0 Å². The molecule has 4 heteroatoms. The largest absolute Gasteiger partial charge is 0.382 e. The van der Waals surface area contributed by atoms with Gasteiger partial charge in [-0.05, 0) is 31.9 Å². The van der Waals surface area contributed by atoms with Crippen LogP contribution < -0.4 is 0 Å². The first kappa shape index (κ1) is 14.0. The smallest absolute Gasteiger partial charge is 0.106 e. The quantitative estimate of drug-likeness (QED) is 0.720. The van der Waals surface area contributed by atoms with Crippen LogP contribution in [-0.2, 0) is 16.0 Å². The van der Waals surface area contributed by atoms with Crippen LogP contribution in [-0.4, -0.2) is 36.5 Å². The summed E-state index contributed by atoms with van der Waals surface area (Å²) in [5.41, 5.74) is 3.56. The molecule has 0 unspecified atom stereocenters. The van der Waals surface area contributed by atoms with Crippen molar-refractivity contribution in [3.8, 4) is 0 Å². The summed E-state index contributed by atoms with van der Waals surface area (Å²) in [5.74, 6) is 1.07. The van der Waals surface area contributed by atoms with Crippen LogP contribution in [0.3, 0.4) is 0 Å². The fourth-order valence-corrected chi connectivity index (χ4v) is 2.25. The SMILES string of the molecule is COCCOCCCn1c(C)nc2c(C)cccc21. The maximum absolute atomic E-state index is 5.49. The molecule has 0 aliphatic rings. The first-order valence-electron chi connectivity index (χ1n) is 6.73. The van der Waals surface area contributed by atoms with Crippen LogP contribution in [0, 0.1) is 13.8 Å². The van der Waals surface area contributed by atoms with Crippen molar-refractivity contribution in [2.45, 2.75) is 26.8 Å². The maximum atomic E-state index is 5.49. The number of aromatic nitrogens is 2. The van der Waals surface area contributed by atoms with Gasteiger partial charge in [-0.3, -0.25) is 0 Å². The minimum atomic E-state index is 0.659. The van der Waals surface area contributed by atoms with E-state index in [2.05, 4.69) is 41.6 Å². The lowest BCUT2D eigenvalue weighted by molar-refractivity contribution is 0.0681. The molecule has 0 radical (unpaired) electrons. The predicted molar refractivity (Wildman–Crippen MR) is 76.5 cm³/mol. The number of imidazole rings is 1. The molecule has 2 aromatic rings. The molecule has 0 saturated carbocycles. The number of hydrogen-bond donors (Lipinski definition) is 0. The summed E-state index contributed by atoms with van der Waals surface area (Å²) in [6.45, 7) is 7.19. The predicted octanol–water partition coefficient (Wildman–Crippen LogP) is 2.71. The average molecular weight is 262 g/mol. The lowest BCUT2D eigenvalue weighted by atomic mass is 10.2. The lowest BCUT2D eigenvalue weighted by Crippen LogP contribution is -2.07. The number of fused-ring (bicyclic) bond motifs is 1. The Hall–Kier alpha value is -1.39. The van der Waals surface area contributed by atoms with Crippen LogP contribution in [0.15, 0.2) is 18.2 Å². The van der Waals surface area contributed by atoms with Crippen LogP contribution >= 0.6 is 0 Å². The number of nitrogens with zero attached hydrogens (tertiary/aromatic N) is 2. The third kappa shape index (κ3) is 3.33. The Bertz CT molecular complexity index is 534. The molecule has 1 aromatic heterocycles. The molecule has 1 heterocycles. The number of rotatable bonds is 7. The number of methoxy groups -OCH3 is 1. The zero-order valence-corrected chi connectivity index (χ0v) is 12.0. The Kier molecular flexibility index (Phi) is 4.93. The molecule has 0 spiro atoms. The van der Waals surface area contributed by atoms with Gasteiger partial charge < -0.3 is 14.0 Å². The fourth-order valence-electron chi connectivity index (χ4n) is 2.25. The summed E-state index contributed by atoms with van der Waals surface area (Å²) in [4.78, 5) is 4.64. The van der Waals surface area contributed by atoms with Gasteiger partial charge in [0.15, 0.2) is 0 Å². The Morgan fingerprint density at radius 1 is 1.16 bits per heavy atom. The summed E-state index contributed by atoms with van der Waals surface area (Å²) in [5, 5.41) is 0. The third-order valence-corrected chi connectivity index (χ3v) is 3.27. The van der Waals surface area contributed by atoms with E-state index in [1.54, 1.807) is 7.11 Å². The summed E-state index contributed by atoms with van der Waals surface area (Å²) in [6, 6.07) is 6.32. The van der Waals surface area contributed by atoms with Gasteiger partial charge in [-0.1, -0.05) is 12.1 Å². The molecule has 0 aliphatic carbocycles. The van der Waals surface area contributed by atoms with Crippen LogP contribution in [0.2, 0.25) is 0 Å². The van der Waals surface area contributed by atoms with Crippen molar-refractivity contribution in [1.29, 1.82) is 0 Å². The molecule has 0 bridgehead atoms. The highest BCUT2D eigenvalue weighted by atomic mass is 16.5. The number of benzene rings is 1. The maximum Gasteiger partial charge on any atom is 0.106 e. The number of para-hydroxylation sites is 1. The highest BCUT2D eigenvalue weighted by molar-refractivity contribution is 5.79. The molecule has 0 aliphatic heterocycles. The van der Waals surface area contributed by atoms with Gasteiger partial charge in [0.05, 0.1) is 24.2 Å². The van der Waals surface area contributed by atoms with Crippen molar-refractivity contribution in [3.63, 3.8) is 0 Å². The molecular weight excluding hydrogens is 240 g/mol. The van der Waals surface area contributed by atoms with Gasteiger partial charge in [-0.25, -0.2) is 4.98 Å².